The van der Waals surface area contributed by atoms with E-state index < -0.39 is 24.4 Å². The van der Waals surface area contributed by atoms with Crippen LogP contribution in [0.15, 0.2) is 54.6 Å². The zero-order chi connectivity index (χ0) is 21.1. The highest BCUT2D eigenvalue weighted by atomic mass is 32.2. The topological polar surface area (TPSA) is 89.7 Å². The van der Waals surface area contributed by atoms with Crippen LogP contribution in [0, 0.1) is 5.82 Å². The molecular formula is C21H23FN2O4S. The maximum absolute atomic E-state index is 12.9. The van der Waals surface area contributed by atoms with Gasteiger partial charge in [-0.25, -0.2) is 4.39 Å². The van der Waals surface area contributed by atoms with Gasteiger partial charge in [-0.2, -0.15) is 0 Å². The van der Waals surface area contributed by atoms with Crippen LogP contribution in [-0.2, 0) is 31.4 Å². The lowest BCUT2D eigenvalue weighted by molar-refractivity contribution is -0.150. The summed E-state index contributed by atoms with van der Waals surface area (Å²) in [5.41, 5.74) is 6.97. The summed E-state index contributed by atoms with van der Waals surface area (Å²) in [6, 6.07) is 15.3. The number of carbonyl (C=O) groups is 3. The van der Waals surface area contributed by atoms with Gasteiger partial charge in [-0.15, -0.1) is 11.8 Å². The minimum atomic E-state index is -0.514. The lowest BCUT2D eigenvalue weighted by Crippen LogP contribution is -2.36. The molecule has 0 saturated heterocycles. The van der Waals surface area contributed by atoms with E-state index in [0.29, 0.717) is 12.3 Å². The highest BCUT2D eigenvalue weighted by Crippen LogP contribution is 2.13. The third-order valence-electron chi connectivity index (χ3n) is 3.96. The molecule has 0 heterocycles. The zero-order valence-corrected chi connectivity index (χ0v) is 16.7. The molecule has 0 atom stereocenters. The first kappa shape index (κ1) is 22.4. The lowest BCUT2D eigenvalue weighted by Gasteiger charge is -2.22. The first-order valence-corrected chi connectivity index (χ1v) is 10.2. The second-order valence-corrected chi connectivity index (χ2v) is 7.28. The summed E-state index contributed by atoms with van der Waals surface area (Å²) in [6.07, 6.45) is 0.0278. The molecule has 8 heteroatoms. The molecule has 0 spiro atoms. The Balaban J connectivity index is 1.78. The highest BCUT2D eigenvalue weighted by molar-refractivity contribution is 7.99. The number of nitrogens with two attached hydrogens (primary N) is 1. The number of benzene rings is 2. The Morgan fingerprint density at radius 1 is 1.00 bits per heavy atom. The molecule has 0 bridgehead atoms. The molecule has 2 rings (SSSR count). The Kier molecular flexibility index (Phi) is 9.17. The molecule has 6 nitrogen and oxygen atoms in total. The van der Waals surface area contributed by atoms with Gasteiger partial charge < -0.3 is 15.4 Å². The van der Waals surface area contributed by atoms with Crippen LogP contribution >= 0.6 is 11.8 Å². The molecule has 2 aromatic carbocycles. The molecule has 0 radical (unpaired) electrons. The molecule has 2 amide bonds. The Labute approximate surface area is 173 Å². The molecule has 0 aliphatic carbocycles. The number of halogens is 1. The van der Waals surface area contributed by atoms with Gasteiger partial charge in [0.25, 0.3) is 5.91 Å². The summed E-state index contributed by atoms with van der Waals surface area (Å²) < 4.78 is 17.9. The minimum absolute atomic E-state index is 0.0278. The predicted molar refractivity (Wildman–Crippen MR) is 109 cm³/mol. The smallest absolute Gasteiger partial charge is 0.316 e. The Hall–Kier alpha value is -2.87. The SMILES string of the molecule is NC(=O)CCN(Cc1ccccc1)C(=O)COC(=O)CSCc1ccc(F)cc1. The maximum atomic E-state index is 12.9. The fourth-order valence-electron chi connectivity index (χ4n) is 2.45. The van der Waals surface area contributed by atoms with Crippen molar-refractivity contribution in [2.75, 3.05) is 18.9 Å². The monoisotopic (exact) mass is 418 g/mol. The highest BCUT2D eigenvalue weighted by Gasteiger charge is 2.17. The Bertz CT molecular complexity index is 815. The van der Waals surface area contributed by atoms with Crippen LogP contribution in [0.4, 0.5) is 4.39 Å². The summed E-state index contributed by atoms with van der Waals surface area (Å²) >= 11 is 1.31. The average Bonchev–Trinajstić information content (AvgIpc) is 2.71. The van der Waals surface area contributed by atoms with E-state index in [9.17, 15) is 18.8 Å². The van der Waals surface area contributed by atoms with Gasteiger partial charge >= 0.3 is 5.97 Å². The molecule has 2 aromatic rings. The molecule has 2 N–H and O–H groups in total. The fraction of sp³-hybridized carbons (Fsp3) is 0.286. The Morgan fingerprint density at radius 3 is 2.34 bits per heavy atom. The molecule has 0 unspecified atom stereocenters. The van der Waals surface area contributed by atoms with Gasteiger partial charge in [-0.3, -0.25) is 14.4 Å². The number of carbonyl (C=O) groups excluding carboxylic acids is 3. The number of amides is 2. The standard InChI is InChI=1S/C21H23FN2O4S/c22-18-8-6-17(7-9-18)14-29-15-21(27)28-13-20(26)24(11-10-19(23)25)12-16-4-2-1-3-5-16/h1-9H,10-15H2,(H2,23,25). The fourth-order valence-corrected chi connectivity index (χ4v) is 3.23. The number of nitrogens with zero attached hydrogens (tertiary/aromatic N) is 1. The number of hydrogen-bond acceptors (Lipinski definition) is 5. The number of ether oxygens (including phenoxy) is 1. The largest absolute Gasteiger partial charge is 0.455 e. The summed E-state index contributed by atoms with van der Waals surface area (Å²) in [5.74, 6) is -1.13. The van der Waals surface area contributed by atoms with E-state index >= 15 is 0 Å². The minimum Gasteiger partial charge on any atom is -0.455 e. The van der Waals surface area contributed by atoms with E-state index in [0.717, 1.165) is 11.1 Å². The van der Waals surface area contributed by atoms with E-state index in [1.54, 1.807) is 12.1 Å². The first-order chi connectivity index (χ1) is 13.9. The molecule has 29 heavy (non-hydrogen) atoms. The van der Waals surface area contributed by atoms with Gasteiger partial charge in [-0.1, -0.05) is 42.5 Å². The lowest BCUT2D eigenvalue weighted by atomic mass is 10.2. The van der Waals surface area contributed by atoms with Crippen molar-refractivity contribution in [1.29, 1.82) is 0 Å². The van der Waals surface area contributed by atoms with Crippen LogP contribution < -0.4 is 5.73 Å². The van der Waals surface area contributed by atoms with Crippen LogP contribution in [0.5, 0.6) is 0 Å². The predicted octanol–water partition coefficient (Wildman–Crippen LogP) is 2.51. The second-order valence-electron chi connectivity index (χ2n) is 6.30. The van der Waals surface area contributed by atoms with Gasteiger partial charge in [0, 0.05) is 25.3 Å². The van der Waals surface area contributed by atoms with E-state index in [-0.39, 0.29) is 24.5 Å². The molecule has 154 valence electrons. The number of primary amides is 1. The third-order valence-corrected chi connectivity index (χ3v) is 4.93. The van der Waals surface area contributed by atoms with Crippen molar-refractivity contribution < 1.29 is 23.5 Å². The quantitative estimate of drug-likeness (QED) is 0.567. The second kappa shape index (κ2) is 11.9. The van der Waals surface area contributed by atoms with Crippen molar-refractivity contribution in [3.8, 4) is 0 Å². The first-order valence-electron chi connectivity index (χ1n) is 9.02. The van der Waals surface area contributed by atoms with Crippen LogP contribution in [0.3, 0.4) is 0 Å². The summed E-state index contributed by atoms with van der Waals surface area (Å²) in [5, 5.41) is 0. The van der Waals surface area contributed by atoms with Crippen molar-refractivity contribution in [3.63, 3.8) is 0 Å². The molecule has 0 aliphatic rings. The van der Waals surface area contributed by atoms with E-state index in [1.807, 2.05) is 30.3 Å². The van der Waals surface area contributed by atoms with Crippen LogP contribution in [-0.4, -0.2) is 41.6 Å². The number of thioether (sulfide) groups is 1. The van der Waals surface area contributed by atoms with Crippen LogP contribution in [0.1, 0.15) is 17.5 Å². The number of hydrogen-bond donors (Lipinski definition) is 1. The van der Waals surface area contributed by atoms with Gasteiger partial charge in [0.1, 0.15) is 5.82 Å². The van der Waals surface area contributed by atoms with Crippen molar-refractivity contribution >= 4 is 29.5 Å². The van der Waals surface area contributed by atoms with Crippen molar-refractivity contribution in [2.24, 2.45) is 5.73 Å². The molecule has 0 aromatic heterocycles. The van der Waals surface area contributed by atoms with Crippen molar-refractivity contribution in [2.45, 2.75) is 18.7 Å². The number of rotatable bonds is 11. The normalized spacial score (nSPS) is 10.4. The number of esters is 1. The van der Waals surface area contributed by atoms with E-state index in [2.05, 4.69) is 0 Å². The van der Waals surface area contributed by atoms with Gasteiger partial charge in [0.05, 0.1) is 5.75 Å². The van der Waals surface area contributed by atoms with Crippen molar-refractivity contribution in [3.05, 3.63) is 71.5 Å². The third kappa shape index (κ3) is 8.78. The van der Waals surface area contributed by atoms with E-state index in [1.165, 1.54) is 28.8 Å². The van der Waals surface area contributed by atoms with Gasteiger partial charge in [0.15, 0.2) is 6.61 Å². The van der Waals surface area contributed by atoms with Gasteiger partial charge in [0.2, 0.25) is 5.91 Å². The summed E-state index contributed by atoms with van der Waals surface area (Å²) in [7, 11) is 0. The maximum Gasteiger partial charge on any atom is 0.316 e. The molecular weight excluding hydrogens is 395 g/mol. The van der Waals surface area contributed by atoms with E-state index in [4.69, 9.17) is 10.5 Å². The average molecular weight is 418 g/mol. The molecule has 0 aliphatic heterocycles. The zero-order valence-electron chi connectivity index (χ0n) is 15.9. The Morgan fingerprint density at radius 2 is 1.69 bits per heavy atom. The van der Waals surface area contributed by atoms with Gasteiger partial charge in [-0.05, 0) is 23.3 Å². The molecule has 0 fully saturated rings. The molecule has 0 saturated carbocycles. The summed E-state index contributed by atoms with van der Waals surface area (Å²) in [4.78, 5) is 36.9. The van der Waals surface area contributed by atoms with Crippen LogP contribution in [0.2, 0.25) is 0 Å². The van der Waals surface area contributed by atoms with Crippen molar-refractivity contribution in [1.82, 2.24) is 4.90 Å². The summed E-state index contributed by atoms with van der Waals surface area (Å²) in [6.45, 7) is 0.0469. The van der Waals surface area contributed by atoms with Crippen LogP contribution in [0.25, 0.3) is 0 Å².